The lowest BCUT2D eigenvalue weighted by atomic mass is 9.99. The van der Waals surface area contributed by atoms with Crippen molar-refractivity contribution in [3.8, 4) is 0 Å². The van der Waals surface area contributed by atoms with Crippen molar-refractivity contribution in [2.75, 3.05) is 0 Å². The van der Waals surface area contributed by atoms with Crippen LogP contribution in [0, 0.1) is 0 Å². The van der Waals surface area contributed by atoms with Crippen LogP contribution in [0.1, 0.15) is 44.1 Å². The number of carbonyl (C=O) groups is 1. The molecule has 1 aromatic heterocycles. The molecule has 1 amide bonds. The molecule has 6 heteroatoms. The second-order valence-corrected chi connectivity index (χ2v) is 6.78. The summed E-state index contributed by atoms with van der Waals surface area (Å²) in [5.74, 6) is -0.221. The number of alkyl halides is 3. The van der Waals surface area contributed by atoms with E-state index in [1.807, 2.05) is 6.07 Å². The largest absolute Gasteiger partial charge is 0.416 e. The monoisotopic (exact) mass is 339 g/mol. The Morgan fingerprint density at radius 1 is 1.17 bits per heavy atom. The minimum atomic E-state index is -4.37. The smallest absolute Gasteiger partial charge is 0.347 e. The maximum Gasteiger partial charge on any atom is 0.416 e. The van der Waals surface area contributed by atoms with E-state index in [0.29, 0.717) is 10.4 Å². The number of aryl methyl sites for hydroxylation is 2. The van der Waals surface area contributed by atoms with Gasteiger partial charge in [0.2, 0.25) is 0 Å². The second kappa shape index (κ2) is 6.35. The fraction of sp³-hybridized carbons (Fsp3) is 0.353. The molecule has 0 radical (unpaired) electrons. The van der Waals surface area contributed by atoms with Crippen molar-refractivity contribution in [3.05, 3.63) is 56.8 Å². The molecule has 3 rings (SSSR count). The fourth-order valence-electron chi connectivity index (χ4n) is 2.73. The summed E-state index contributed by atoms with van der Waals surface area (Å²) < 4.78 is 38.0. The van der Waals surface area contributed by atoms with Crippen molar-refractivity contribution >= 4 is 17.2 Å². The van der Waals surface area contributed by atoms with Crippen LogP contribution >= 0.6 is 11.3 Å². The van der Waals surface area contributed by atoms with Crippen LogP contribution in [0.25, 0.3) is 0 Å². The molecular formula is C17H16F3NOS. The standard InChI is InChI=1S/C17H16F3NOS/c18-17(19,20)13-6-3-4-11(8-13)10-21-16(22)15-9-12-5-1-2-7-14(12)23-15/h3-4,6,8-9H,1-2,5,7,10H2,(H,21,22). The van der Waals surface area contributed by atoms with Crippen molar-refractivity contribution in [1.29, 1.82) is 0 Å². The number of benzene rings is 1. The van der Waals surface area contributed by atoms with Gasteiger partial charge in [-0.25, -0.2) is 0 Å². The maximum atomic E-state index is 12.7. The number of rotatable bonds is 3. The normalized spacial score (nSPS) is 14.4. The highest BCUT2D eigenvalue weighted by atomic mass is 32.1. The molecule has 0 saturated heterocycles. The van der Waals surface area contributed by atoms with Crippen LogP contribution in [0.15, 0.2) is 30.3 Å². The van der Waals surface area contributed by atoms with E-state index in [4.69, 9.17) is 0 Å². The minimum absolute atomic E-state index is 0.0886. The lowest BCUT2D eigenvalue weighted by Crippen LogP contribution is -2.22. The van der Waals surface area contributed by atoms with Crippen LogP contribution in [0.5, 0.6) is 0 Å². The van der Waals surface area contributed by atoms with Crippen molar-refractivity contribution in [3.63, 3.8) is 0 Å². The van der Waals surface area contributed by atoms with E-state index in [1.54, 1.807) is 6.07 Å². The summed E-state index contributed by atoms with van der Waals surface area (Å²) >= 11 is 1.49. The number of thiophene rings is 1. The molecule has 1 aliphatic rings. The molecule has 2 nitrogen and oxygen atoms in total. The first kappa shape index (κ1) is 16.1. The first-order chi connectivity index (χ1) is 10.9. The molecular weight excluding hydrogens is 323 g/mol. The van der Waals surface area contributed by atoms with Gasteiger partial charge in [0.05, 0.1) is 10.4 Å². The quantitative estimate of drug-likeness (QED) is 0.872. The zero-order valence-corrected chi connectivity index (χ0v) is 13.2. The van der Waals surface area contributed by atoms with Crippen molar-refractivity contribution in [2.24, 2.45) is 0 Å². The summed E-state index contributed by atoms with van der Waals surface area (Å²) in [5.41, 5.74) is 0.982. The lowest BCUT2D eigenvalue weighted by Gasteiger charge is -2.09. The van der Waals surface area contributed by atoms with Gasteiger partial charge in [0, 0.05) is 11.4 Å². The van der Waals surface area contributed by atoms with E-state index in [1.165, 1.54) is 27.8 Å². The van der Waals surface area contributed by atoms with Gasteiger partial charge in [-0.1, -0.05) is 12.1 Å². The van der Waals surface area contributed by atoms with Crippen molar-refractivity contribution in [1.82, 2.24) is 5.32 Å². The molecule has 0 fully saturated rings. The van der Waals surface area contributed by atoms with Crippen LogP contribution in [0.3, 0.4) is 0 Å². The zero-order chi connectivity index (χ0) is 16.4. The first-order valence-corrected chi connectivity index (χ1v) is 8.31. The number of carbonyl (C=O) groups excluding carboxylic acids is 1. The van der Waals surface area contributed by atoms with Gasteiger partial charge in [-0.3, -0.25) is 4.79 Å². The third kappa shape index (κ3) is 3.75. The number of amides is 1. The molecule has 2 aromatic rings. The van der Waals surface area contributed by atoms with Gasteiger partial charge in [-0.15, -0.1) is 11.3 Å². The van der Waals surface area contributed by atoms with Crippen LogP contribution in [0.2, 0.25) is 0 Å². The number of fused-ring (bicyclic) bond motifs is 1. The van der Waals surface area contributed by atoms with E-state index in [2.05, 4.69) is 5.32 Å². The van der Waals surface area contributed by atoms with Gasteiger partial charge in [0.1, 0.15) is 0 Å². The highest BCUT2D eigenvalue weighted by Crippen LogP contribution is 2.30. The average molecular weight is 339 g/mol. The zero-order valence-electron chi connectivity index (χ0n) is 12.4. The summed E-state index contributed by atoms with van der Waals surface area (Å²) in [5, 5.41) is 2.71. The highest BCUT2D eigenvalue weighted by Gasteiger charge is 2.30. The molecule has 0 bridgehead atoms. The van der Waals surface area contributed by atoms with Crippen molar-refractivity contribution < 1.29 is 18.0 Å². The molecule has 1 N–H and O–H groups in total. The Hall–Kier alpha value is -1.82. The van der Waals surface area contributed by atoms with Gasteiger partial charge in [-0.05, 0) is 55.0 Å². The lowest BCUT2D eigenvalue weighted by molar-refractivity contribution is -0.137. The Bertz CT molecular complexity index is 697. The summed E-state index contributed by atoms with van der Waals surface area (Å²) in [4.78, 5) is 14.1. The number of hydrogen-bond donors (Lipinski definition) is 1. The van der Waals surface area contributed by atoms with Crippen LogP contribution < -0.4 is 5.32 Å². The first-order valence-electron chi connectivity index (χ1n) is 7.49. The third-order valence-corrected chi connectivity index (χ3v) is 5.16. The Morgan fingerprint density at radius 2 is 1.96 bits per heavy atom. The molecule has 1 heterocycles. The highest BCUT2D eigenvalue weighted by molar-refractivity contribution is 7.14. The Balaban J connectivity index is 1.66. The van der Waals surface area contributed by atoms with Gasteiger partial charge >= 0.3 is 6.18 Å². The molecule has 122 valence electrons. The van der Waals surface area contributed by atoms with Gasteiger partial charge in [-0.2, -0.15) is 13.2 Å². The summed E-state index contributed by atoms with van der Waals surface area (Å²) in [6, 6.07) is 6.95. The van der Waals surface area contributed by atoms with Crippen LogP contribution in [-0.4, -0.2) is 5.91 Å². The second-order valence-electron chi connectivity index (χ2n) is 5.65. The molecule has 0 unspecified atom stereocenters. The van der Waals surface area contributed by atoms with Gasteiger partial charge in [0.15, 0.2) is 0 Å². The van der Waals surface area contributed by atoms with E-state index in [-0.39, 0.29) is 12.5 Å². The van der Waals surface area contributed by atoms with Crippen molar-refractivity contribution in [2.45, 2.75) is 38.4 Å². The number of hydrogen-bond acceptors (Lipinski definition) is 2. The average Bonchev–Trinajstić information content (AvgIpc) is 2.96. The molecule has 0 spiro atoms. The van der Waals surface area contributed by atoms with Crippen LogP contribution in [-0.2, 0) is 25.6 Å². The fourth-order valence-corrected chi connectivity index (χ4v) is 3.90. The molecule has 0 aliphatic heterocycles. The summed E-state index contributed by atoms with van der Waals surface area (Å²) in [6.45, 7) is 0.0886. The Kier molecular flexibility index (Phi) is 4.43. The molecule has 1 aromatic carbocycles. The van der Waals surface area contributed by atoms with E-state index < -0.39 is 11.7 Å². The Morgan fingerprint density at radius 3 is 2.70 bits per heavy atom. The minimum Gasteiger partial charge on any atom is -0.347 e. The van der Waals surface area contributed by atoms with Gasteiger partial charge < -0.3 is 5.32 Å². The molecule has 0 saturated carbocycles. The number of halogens is 3. The van der Waals surface area contributed by atoms with E-state index in [0.717, 1.165) is 37.8 Å². The van der Waals surface area contributed by atoms with E-state index in [9.17, 15) is 18.0 Å². The predicted molar refractivity (Wildman–Crippen MR) is 83.6 cm³/mol. The number of nitrogens with one attached hydrogen (secondary N) is 1. The van der Waals surface area contributed by atoms with Crippen LogP contribution in [0.4, 0.5) is 13.2 Å². The summed E-state index contributed by atoms with van der Waals surface area (Å²) in [7, 11) is 0. The Labute approximate surface area is 136 Å². The predicted octanol–water partition coefficient (Wildman–Crippen LogP) is 4.58. The topological polar surface area (TPSA) is 29.1 Å². The molecule has 1 aliphatic carbocycles. The van der Waals surface area contributed by atoms with Gasteiger partial charge in [0.25, 0.3) is 5.91 Å². The van der Waals surface area contributed by atoms with E-state index >= 15 is 0 Å². The maximum absolute atomic E-state index is 12.7. The molecule has 0 atom stereocenters. The third-order valence-electron chi connectivity index (χ3n) is 3.93. The molecule has 23 heavy (non-hydrogen) atoms. The summed E-state index contributed by atoms with van der Waals surface area (Å²) in [6.07, 6.45) is -0.0473. The SMILES string of the molecule is O=C(NCc1cccc(C(F)(F)F)c1)c1cc2c(s1)CCCC2.